The molecule has 0 aliphatic rings. The number of hydroxylamine groups is 1. The first-order chi connectivity index (χ1) is 8.63. The van der Waals surface area contributed by atoms with Crippen LogP contribution in [0.15, 0.2) is 24.3 Å². The van der Waals surface area contributed by atoms with Gasteiger partial charge in [-0.1, -0.05) is 18.2 Å². The van der Waals surface area contributed by atoms with Crippen molar-refractivity contribution >= 4 is 16.9 Å². The van der Waals surface area contributed by atoms with E-state index in [9.17, 15) is 4.79 Å². The minimum atomic E-state index is -0.929. The first-order valence-electron chi connectivity index (χ1n) is 5.71. The van der Waals surface area contributed by atoms with Gasteiger partial charge in [-0.25, -0.2) is 0 Å². The summed E-state index contributed by atoms with van der Waals surface area (Å²) in [7, 11) is 1.41. The SMILES string of the molecule is CON[C@@H](Cc1c(C)[nH]c2ccccc12)C(=O)O. The highest BCUT2D eigenvalue weighted by Crippen LogP contribution is 2.23. The van der Waals surface area contributed by atoms with E-state index in [1.807, 2.05) is 31.2 Å². The Kier molecular flexibility index (Phi) is 3.64. The molecular weight excluding hydrogens is 232 g/mol. The molecule has 2 rings (SSSR count). The van der Waals surface area contributed by atoms with Crippen LogP contribution in [-0.4, -0.2) is 29.2 Å². The predicted molar refractivity (Wildman–Crippen MR) is 68.3 cm³/mol. The minimum Gasteiger partial charge on any atom is -0.480 e. The van der Waals surface area contributed by atoms with E-state index in [1.165, 1.54) is 7.11 Å². The zero-order chi connectivity index (χ0) is 13.1. The number of aromatic amines is 1. The highest BCUT2D eigenvalue weighted by molar-refractivity contribution is 5.85. The third-order valence-corrected chi connectivity index (χ3v) is 2.99. The number of fused-ring (bicyclic) bond motifs is 1. The van der Waals surface area contributed by atoms with Gasteiger partial charge in [-0.15, -0.1) is 0 Å². The summed E-state index contributed by atoms with van der Waals surface area (Å²) in [5, 5.41) is 10.2. The van der Waals surface area contributed by atoms with Gasteiger partial charge in [0.2, 0.25) is 0 Å². The molecule has 5 heteroatoms. The fourth-order valence-corrected chi connectivity index (χ4v) is 2.12. The molecule has 0 spiro atoms. The van der Waals surface area contributed by atoms with Crippen molar-refractivity contribution in [3.8, 4) is 0 Å². The number of para-hydroxylation sites is 1. The second-order valence-corrected chi connectivity index (χ2v) is 4.19. The van der Waals surface area contributed by atoms with Crippen LogP contribution >= 0.6 is 0 Å². The topological polar surface area (TPSA) is 74.3 Å². The molecule has 0 aliphatic carbocycles. The number of carbonyl (C=O) groups is 1. The van der Waals surface area contributed by atoms with E-state index in [0.29, 0.717) is 6.42 Å². The summed E-state index contributed by atoms with van der Waals surface area (Å²) in [5.41, 5.74) is 5.51. The van der Waals surface area contributed by atoms with Gasteiger partial charge in [-0.2, -0.15) is 5.48 Å². The molecule has 1 atom stereocenters. The number of rotatable bonds is 5. The van der Waals surface area contributed by atoms with Gasteiger partial charge in [0.15, 0.2) is 0 Å². The van der Waals surface area contributed by atoms with Crippen molar-refractivity contribution in [1.82, 2.24) is 10.5 Å². The summed E-state index contributed by atoms with van der Waals surface area (Å²) in [6.07, 6.45) is 0.374. The third-order valence-electron chi connectivity index (χ3n) is 2.99. The van der Waals surface area contributed by atoms with Gasteiger partial charge in [0.25, 0.3) is 0 Å². The average Bonchev–Trinajstić information content (AvgIpc) is 2.65. The van der Waals surface area contributed by atoms with Crippen LogP contribution < -0.4 is 5.48 Å². The van der Waals surface area contributed by atoms with Crippen molar-refractivity contribution in [1.29, 1.82) is 0 Å². The van der Waals surface area contributed by atoms with Crippen LogP contribution in [0.25, 0.3) is 10.9 Å². The smallest absolute Gasteiger partial charge is 0.323 e. The Morgan fingerprint density at radius 1 is 1.50 bits per heavy atom. The Morgan fingerprint density at radius 2 is 2.22 bits per heavy atom. The number of aryl methyl sites for hydroxylation is 1. The van der Waals surface area contributed by atoms with Crippen molar-refractivity contribution in [3.05, 3.63) is 35.5 Å². The number of hydrogen-bond acceptors (Lipinski definition) is 3. The maximum Gasteiger partial charge on any atom is 0.323 e. The standard InChI is InChI=1S/C13H16N2O3/c1-8-10(7-12(13(16)17)15-18-2)9-5-3-4-6-11(9)14-8/h3-6,12,14-15H,7H2,1-2H3,(H,16,17)/t12-/m0/s1. The lowest BCUT2D eigenvalue weighted by molar-refractivity contribution is -0.143. The number of hydrogen-bond donors (Lipinski definition) is 3. The number of carboxylic acids is 1. The van der Waals surface area contributed by atoms with Crippen LogP contribution in [0.3, 0.4) is 0 Å². The lowest BCUT2D eigenvalue weighted by atomic mass is 10.0. The normalized spacial score (nSPS) is 12.8. The van der Waals surface area contributed by atoms with Gasteiger partial charge < -0.3 is 14.9 Å². The first-order valence-corrected chi connectivity index (χ1v) is 5.71. The van der Waals surface area contributed by atoms with Crippen LogP contribution in [0, 0.1) is 6.92 Å². The average molecular weight is 248 g/mol. The van der Waals surface area contributed by atoms with E-state index in [4.69, 9.17) is 9.94 Å². The van der Waals surface area contributed by atoms with Gasteiger partial charge in [-0.3, -0.25) is 4.79 Å². The van der Waals surface area contributed by atoms with Crippen molar-refractivity contribution < 1.29 is 14.7 Å². The molecule has 0 fully saturated rings. The summed E-state index contributed by atoms with van der Waals surface area (Å²) in [6.45, 7) is 1.95. The molecule has 1 aromatic carbocycles. The fraction of sp³-hybridized carbons (Fsp3) is 0.308. The lowest BCUT2D eigenvalue weighted by Gasteiger charge is -2.12. The number of aromatic nitrogens is 1. The molecule has 3 N–H and O–H groups in total. The fourth-order valence-electron chi connectivity index (χ4n) is 2.12. The van der Waals surface area contributed by atoms with Crippen LogP contribution in [0.2, 0.25) is 0 Å². The molecule has 0 unspecified atom stereocenters. The molecule has 1 aromatic heterocycles. The molecule has 96 valence electrons. The summed E-state index contributed by atoms with van der Waals surface area (Å²) in [6, 6.07) is 7.10. The van der Waals surface area contributed by atoms with Gasteiger partial charge in [-0.05, 0) is 18.6 Å². The van der Waals surface area contributed by atoms with Crippen molar-refractivity contribution in [2.24, 2.45) is 0 Å². The Labute approximate surface area is 105 Å². The third kappa shape index (κ3) is 2.37. The predicted octanol–water partition coefficient (Wildman–Crippen LogP) is 1.62. The van der Waals surface area contributed by atoms with Crippen LogP contribution in [0.4, 0.5) is 0 Å². The maximum absolute atomic E-state index is 11.1. The molecule has 0 aliphatic heterocycles. The number of aliphatic carboxylic acids is 1. The summed E-state index contributed by atoms with van der Waals surface area (Å²) in [5.74, 6) is -0.929. The van der Waals surface area contributed by atoms with Gasteiger partial charge in [0.05, 0.1) is 7.11 Å². The summed E-state index contributed by atoms with van der Waals surface area (Å²) >= 11 is 0. The quantitative estimate of drug-likeness (QED) is 0.703. The molecule has 0 bridgehead atoms. The van der Waals surface area contributed by atoms with Crippen LogP contribution in [0.1, 0.15) is 11.3 Å². The van der Waals surface area contributed by atoms with Gasteiger partial charge in [0.1, 0.15) is 6.04 Å². The molecule has 0 radical (unpaired) electrons. The monoisotopic (exact) mass is 248 g/mol. The van der Waals surface area contributed by atoms with Crippen LogP contribution in [-0.2, 0) is 16.1 Å². The highest BCUT2D eigenvalue weighted by Gasteiger charge is 2.20. The first kappa shape index (κ1) is 12.6. The number of H-pyrrole nitrogens is 1. The molecule has 2 aromatic rings. The Bertz CT molecular complexity index is 562. The van der Waals surface area contributed by atoms with Crippen molar-refractivity contribution in [3.63, 3.8) is 0 Å². The van der Waals surface area contributed by atoms with E-state index in [2.05, 4.69) is 10.5 Å². The van der Waals surface area contributed by atoms with Crippen molar-refractivity contribution in [2.75, 3.05) is 7.11 Å². The Hall–Kier alpha value is -1.85. The molecule has 5 nitrogen and oxygen atoms in total. The molecular formula is C13H16N2O3. The van der Waals surface area contributed by atoms with E-state index in [0.717, 1.165) is 22.2 Å². The number of benzene rings is 1. The van der Waals surface area contributed by atoms with E-state index >= 15 is 0 Å². The van der Waals surface area contributed by atoms with E-state index in [-0.39, 0.29) is 0 Å². The Morgan fingerprint density at radius 3 is 2.89 bits per heavy atom. The van der Waals surface area contributed by atoms with Gasteiger partial charge in [0, 0.05) is 23.0 Å². The van der Waals surface area contributed by atoms with E-state index in [1.54, 1.807) is 0 Å². The number of carboxylic acid groups (broad SMARTS) is 1. The largest absolute Gasteiger partial charge is 0.480 e. The van der Waals surface area contributed by atoms with E-state index < -0.39 is 12.0 Å². The maximum atomic E-state index is 11.1. The van der Waals surface area contributed by atoms with Crippen LogP contribution in [0.5, 0.6) is 0 Å². The highest BCUT2D eigenvalue weighted by atomic mass is 16.6. The van der Waals surface area contributed by atoms with Gasteiger partial charge >= 0.3 is 5.97 Å². The summed E-state index contributed by atoms with van der Waals surface area (Å²) in [4.78, 5) is 19.1. The zero-order valence-corrected chi connectivity index (χ0v) is 10.4. The molecule has 0 saturated heterocycles. The second kappa shape index (κ2) is 5.20. The Balaban J connectivity index is 2.35. The minimum absolute atomic E-state index is 0.374. The molecule has 0 amide bonds. The summed E-state index contributed by atoms with van der Waals surface area (Å²) < 4.78 is 0. The molecule has 18 heavy (non-hydrogen) atoms. The molecule has 1 heterocycles. The zero-order valence-electron chi connectivity index (χ0n) is 10.4. The molecule has 0 saturated carbocycles. The second-order valence-electron chi connectivity index (χ2n) is 4.19. The number of nitrogens with one attached hydrogen (secondary N) is 2. The van der Waals surface area contributed by atoms with Crippen molar-refractivity contribution in [2.45, 2.75) is 19.4 Å². The lowest BCUT2D eigenvalue weighted by Crippen LogP contribution is -2.37.